The third-order valence-electron chi connectivity index (χ3n) is 4.36. The van der Waals surface area contributed by atoms with Gasteiger partial charge >= 0.3 is 0 Å². The summed E-state index contributed by atoms with van der Waals surface area (Å²) in [6.45, 7) is 22.6. The van der Waals surface area contributed by atoms with Crippen molar-refractivity contribution in [2.24, 2.45) is 4.99 Å². The first-order valence-corrected chi connectivity index (χ1v) is 11.0. The van der Waals surface area contributed by atoms with Crippen LogP contribution in [-0.4, -0.2) is 15.5 Å². The van der Waals surface area contributed by atoms with Gasteiger partial charge in [0.2, 0.25) is 0 Å². The molecule has 0 aliphatic carbocycles. The van der Waals surface area contributed by atoms with E-state index < -0.39 is 0 Å². The third-order valence-corrected chi connectivity index (χ3v) is 4.36. The van der Waals surface area contributed by atoms with Gasteiger partial charge in [0.05, 0.1) is 18.0 Å². The van der Waals surface area contributed by atoms with Crippen LogP contribution in [0.4, 0.5) is 5.69 Å². The van der Waals surface area contributed by atoms with Gasteiger partial charge in [-0.05, 0) is 69.5 Å². The van der Waals surface area contributed by atoms with E-state index >= 15 is 0 Å². The second-order valence-corrected chi connectivity index (χ2v) is 6.65. The summed E-state index contributed by atoms with van der Waals surface area (Å²) >= 11 is 0. The van der Waals surface area contributed by atoms with E-state index in [1.165, 1.54) is 5.56 Å². The van der Waals surface area contributed by atoms with Crippen molar-refractivity contribution >= 4 is 11.4 Å². The van der Waals surface area contributed by atoms with Crippen LogP contribution in [-0.2, 0) is 6.54 Å². The predicted octanol–water partition coefficient (Wildman–Crippen LogP) is 8.60. The number of allylic oxidation sites excluding steroid dienone is 7. The molecule has 1 aromatic carbocycles. The molecule has 0 aliphatic rings. The highest BCUT2D eigenvalue weighted by atomic mass is 15.3. The maximum absolute atomic E-state index is 4.50. The van der Waals surface area contributed by atoms with Crippen LogP contribution in [0.1, 0.15) is 61.5 Å². The molecule has 1 N–H and O–H groups in total. The fraction of sp³-hybridized carbons (Fsp3) is 0.310. The first kappa shape index (κ1) is 31.8. The van der Waals surface area contributed by atoms with E-state index in [9.17, 15) is 0 Å². The normalized spacial score (nSPS) is 11.4. The molecule has 4 nitrogen and oxygen atoms in total. The van der Waals surface area contributed by atoms with Crippen LogP contribution in [0, 0.1) is 0 Å². The fourth-order valence-corrected chi connectivity index (χ4v) is 2.39. The van der Waals surface area contributed by atoms with Crippen molar-refractivity contribution in [3.63, 3.8) is 0 Å². The highest BCUT2D eigenvalue weighted by Gasteiger charge is 2.01. The Morgan fingerprint density at radius 3 is 2.15 bits per heavy atom. The van der Waals surface area contributed by atoms with E-state index in [1.54, 1.807) is 6.20 Å². The van der Waals surface area contributed by atoms with Crippen molar-refractivity contribution in [1.82, 2.24) is 9.78 Å². The highest BCUT2D eigenvalue weighted by molar-refractivity contribution is 6.00. The standard InChI is InChI=1S/C22H26N4.C4H8.C2H6.CH4/c1-6-21(7-2)17(3)15-23-18(4)19(5)25-22-11-9-20(10-12-22)16-26-14-8-13-24-26;1-3-4-2;1-2;/h6-15,25H,1,5,16H2,2-4H3;3-4H,1-2H3;1-2H3;1H4/b17-15+,21-7+,23-18?;4-3-;;. The van der Waals surface area contributed by atoms with E-state index in [2.05, 4.69) is 40.7 Å². The van der Waals surface area contributed by atoms with Crippen LogP contribution in [0.2, 0.25) is 0 Å². The Labute approximate surface area is 202 Å². The number of nitrogens with one attached hydrogen (secondary N) is 1. The van der Waals surface area contributed by atoms with Gasteiger partial charge in [0, 0.05) is 24.3 Å². The molecular formula is C29H44N4. The van der Waals surface area contributed by atoms with Crippen molar-refractivity contribution in [2.75, 3.05) is 5.32 Å². The molecule has 0 spiro atoms. The van der Waals surface area contributed by atoms with Crippen LogP contribution in [0.5, 0.6) is 0 Å². The van der Waals surface area contributed by atoms with Crippen LogP contribution in [0.15, 0.2) is 108 Å². The second-order valence-electron chi connectivity index (χ2n) is 6.65. The number of rotatable bonds is 8. The van der Waals surface area contributed by atoms with Crippen molar-refractivity contribution in [1.29, 1.82) is 0 Å². The van der Waals surface area contributed by atoms with Gasteiger partial charge in [-0.2, -0.15) is 5.10 Å². The number of aromatic nitrogens is 2. The van der Waals surface area contributed by atoms with Gasteiger partial charge in [-0.25, -0.2) is 0 Å². The monoisotopic (exact) mass is 448 g/mol. The van der Waals surface area contributed by atoms with Crippen LogP contribution < -0.4 is 5.32 Å². The van der Waals surface area contributed by atoms with Crippen LogP contribution in [0.3, 0.4) is 0 Å². The molecule has 0 radical (unpaired) electrons. The molecule has 0 bridgehead atoms. The zero-order chi connectivity index (χ0) is 24.4. The Bertz CT molecular complexity index is 905. The molecule has 180 valence electrons. The van der Waals surface area contributed by atoms with Crippen molar-refractivity contribution in [2.45, 2.75) is 62.4 Å². The first-order valence-electron chi connectivity index (χ1n) is 11.0. The zero-order valence-corrected chi connectivity index (χ0v) is 20.9. The Balaban J connectivity index is 0. The van der Waals surface area contributed by atoms with E-state index in [0.717, 1.165) is 34.8 Å². The van der Waals surface area contributed by atoms with Gasteiger partial charge in [-0.1, -0.05) is 70.9 Å². The molecule has 2 aromatic rings. The largest absolute Gasteiger partial charge is 0.355 e. The van der Waals surface area contributed by atoms with Crippen molar-refractivity contribution in [3.05, 3.63) is 109 Å². The molecule has 0 saturated carbocycles. The average Bonchev–Trinajstić information content (AvgIpc) is 3.34. The summed E-state index contributed by atoms with van der Waals surface area (Å²) in [7, 11) is 0. The first-order chi connectivity index (χ1) is 15.4. The van der Waals surface area contributed by atoms with E-state index in [0.29, 0.717) is 0 Å². The van der Waals surface area contributed by atoms with E-state index in [-0.39, 0.29) is 7.43 Å². The van der Waals surface area contributed by atoms with E-state index in [1.807, 2.05) is 108 Å². The van der Waals surface area contributed by atoms with E-state index in [4.69, 9.17) is 0 Å². The van der Waals surface area contributed by atoms with Gasteiger partial charge in [0.25, 0.3) is 0 Å². The summed E-state index contributed by atoms with van der Waals surface area (Å²) in [5, 5.41) is 7.52. The van der Waals surface area contributed by atoms with Gasteiger partial charge < -0.3 is 5.32 Å². The highest BCUT2D eigenvalue weighted by Crippen LogP contribution is 2.14. The van der Waals surface area contributed by atoms with Gasteiger partial charge in [0.1, 0.15) is 0 Å². The molecule has 1 aromatic heterocycles. The number of hydrogen-bond acceptors (Lipinski definition) is 3. The number of aliphatic imine (C=N–C) groups is 1. The Morgan fingerprint density at radius 1 is 1.09 bits per heavy atom. The third kappa shape index (κ3) is 12.9. The lowest BCUT2D eigenvalue weighted by molar-refractivity contribution is 0.687. The molecule has 1 heterocycles. The molecule has 2 rings (SSSR count). The van der Waals surface area contributed by atoms with Gasteiger partial charge in [0.15, 0.2) is 0 Å². The lowest BCUT2D eigenvalue weighted by Crippen LogP contribution is -2.07. The number of anilines is 1. The Kier molecular flexibility index (Phi) is 18.6. The molecular weight excluding hydrogens is 404 g/mol. The lowest BCUT2D eigenvalue weighted by atomic mass is 10.1. The molecule has 0 fully saturated rings. The average molecular weight is 449 g/mol. The summed E-state index contributed by atoms with van der Waals surface area (Å²) in [5.74, 6) is 0. The molecule has 0 amide bonds. The smallest absolute Gasteiger partial charge is 0.0659 e. The SMILES string of the molecule is C.C/C=C\C.C=CC(=C\C)/C(C)=C/N=C(C)C(=C)Nc1ccc(Cn2cccn2)cc1.CC. The molecule has 0 unspecified atom stereocenters. The minimum atomic E-state index is 0. The Morgan fingerprint density at radius 2 is 1.70 bits per heavy atom. The minimum absolute atomic E-state index is 0. The maximum atomic E-state index is 4.50. The summed E-state index contributed by atoms with van der Waals surface area (Å²) in [6.07, 6.45) is 13.4. The quantitative estimate of drug-likeness (QED) is 0.249. The number of nitrogens with zero attached hydrogens (tertiary/aromatic N) is 3. The number of benzene rings is 1. The lowest BCUT2D eigenvalue weighted by Gasteiger charge is -2.10. The topological polar surface area (TPSA) is 42.2 Å². The molecule has 0 saturated heterocycles. The van der Waals surface area contributed by atoms with Gasteiger partial charge in [-0.15, -0.1) is 0 Å². The Hall–Kier alpha value is -3.40. The van der Waals surface area contributed by atoms with Crippen LogP contribution >= 0.6 is 0 Å². The maximum Gasteiger partial charge on any atom is 0.0659 e. The summed E-state index contributed by atoms with van der Waals surface area (Å²) < 4.78 is 1.90. The predicted molar refractivity (Wildman–Crippen MR) is 150 cm³/mol. The number of hydrogen-bond donors (Lipinski definition) is 1. The minimum Gasteiger partial charge on any atom is -0.355 e. The van der Waals surface area contributed by atoms with Gasteiger partial charge in [-0.3, -0.25) is 9.67 Å². The molecule has 0 atom stereocenters. The summed E-state index contributed by atoms with van der Waals surface area (Å²) in [4.78, 5) is 4.50. The van der Waals surface area contributed by atoms with Crippen molar-refractivity contribution in [3.8, 4) is 0 Å². The molecule has 4 heteroatoms. The van der Waals surface area contributed by atoms with Crippen molar-refractivity contribution < 1.29 is 0 Å². The summed E-state index contributed by atoms with van der Waals surface area (Å²) in [5.41, 5.74) is 5.93. The molecule has 33 heavy (non-hydrogen) atoms. The zero-order valence-electron chi connectivity index (χ0n) is 20.9. The summed E-state index contributed by atoms with van der Waals surface area (Å²) in [6, 6.07) is 10.2. The fourth-order valence-electron chi connectivity index (χ4n) is 2.39. The second kappa shape index (κ2) is 19.3. The molecule has 0 aliphatic heterocycles. The van der Waals surface area contributed by atoms with Crippen LogP contribution in [0.25, 0.3) is 0 Å².